The monoisotopic (exact) mass is 232 g/mol. The standard InChI is InChI=1S/C11H14Cl2O/c12-7-9(13)10(14)6-11-3-1-8(5-11)2-4-11/h1,3,8-9H,2,4-7H2. The first kappa shape index (κ1) is 10.5. The van der Waals surface area contributed by atoms with Crippen LogP contribution in [0, 0.1) is 11.3 Å². The van der Waals surface area contributed by atoms with Crippen molar-refractivity contribution in [2.75, 3.05) is 5.88 Å². The molecule has 0 radical (unpaired) electrons. The zero-order valence-corrected chi connectivity index (χ0v) is 9.52. The highest BCUT2D eigenvalue weighted by molar-refractivity contribution is 6.36. The van der Waals surface area contributed by atoms with Gasteiger partial charge in [-0.15, -0.1) is 23.2 Å². The average Bonchev–Trinajstić information content (AvgIpc) is 2.75. The van der Waals surface area contributed by atoms with E-state index in [9.17, 15) is 4.79 Å². The number of carbonyl (C=O) groups excluding carboxylic acids is 1. The minimum atomic E-state index is -0.501. The average molecular weight is 233 g/mol. The van der Waals surface area contributed by atoms with Gasteiger partial charge in [-0.1, -0.05) is 12.2 Å². The van der Waals surface area contributed by atoms with Crippen molar-refractivity contribution in [3.63, 3.8) is 0 Å². The van der Waals surface area contributed by atoms with Gasteiger partial charge < -0.3 is 0 Å². The maximum Gasteiger partial charge on any atom is 0.152 e. The Hall–Kier alpha value is -0.0100. The lowest BCUT2D eigenvalue weighted by atomic mass is 9.82. The van der Waals surface area contributed by atoms with E-state index in [2.05, 4.69) is 12.2 Å². The predicted molar refractivity (Wildman–Crippen MR) is 58.9 cm³/mol. The summed E-state index contributed by atoms with van der Waals surface area (Å²) in [4.78, 5) is 11.7. The first-order valence-corrected chi connectivity index (χ1v) is 6.04. The zero-order chi connectivity index (χ0) is 10.2. The lowest BCUT2D eigenvalue weighted by Gasteiger charge is -2.23. The molecule has 0 spiro atoms. The van der Waals surface area contributed by atoms with Gasteiger partial charge in [-0.25, -0.2) is 0 Å². The van der Waals surface area contributed by atoms with Crippen LogP contribution >= 0.6 is 23.2 Å². The van der Waals surface area contributed by atoms with Gasteiger partial charge in [-0.2, -0.15) is 0 Å². The Morgan fingerprint density at radius 3 is 2.86 bits per heavy atom. The molecule has 0 aliphatic heterocycles. The van der Waals surface area contributed by atoms with Crippen molar-refractivity contribution < 1.29 is 4.79 Å². The van der Waals surface area contributed by atoms with Gasteiger partial charge in [0.25, 0.3) is 0 Å². The molecule has 0 aromatic rings. The summed E-state index contributed by atoms with van der Waals surface area (Å²) in [5, 5.41) is -0.501. The molecule has 3 unspecified atom stereocenters. The number of Topliss-reactive ketones (excluding diaryl/α,β-unsaturated/α-hetero) is 1. The minimum Gasteiger partial charge on any atom is -0.298 e. The highest BCUT2D eigenvalue weighted by atomic mass is 35.5. The number of hydrogen-bond donors (Lipinski definition) is 0. The smallest absolute Gasteiger partial charge is 0.152 e. The van der Waals surface area contributed by atoms with Crippen LogP contribution in [0.5, 0.6) is 0 Å². The van der Waals surface area contributed by atoms with Crippen molar-refractivity contribution in [1.29, 1.82) is 0 Å². The van der Waals surface area contributed by atoms with Crippen LogP contribution in [0.15, 0.2) is 12.2 Å². The van der Waals surface area contributed by atoms with E-state index in [0.717, 1.165) is 12.8 Å². The van der Waals surface area contributed by atoms with E-state index in [1.807, 2.05) is 0 Å². The van der Waals surface area contributed by atoms with E-state index in [1.54, 1.807) is 0 Å². The van der Waals surface area contributed by atoms with Gasteiger partial charge in [-0.05, 0) is 30.6 Å². The predicted octanol–water partition coefficient (Wildman–Crippen LogP) is 3.15. The first-order chi connectivity index (χ1) is 6.65. The SMILES string of the molecule is O=C(CC12C=CC(CC1)C2)C(Cl)CCl. The summed E-state index contributed by atoms with van der Waals surface area (Å²) in [6.45, 7) is 0. The van der Waals surface area contributed by atoms with Crippen molar-refractivity contribution in [3.05, 3.63) is 12.2 Å². The van der Waals surface area contributed by atoms with Crippen LogP contribution in [0.2, 0.25) is 0 Å². The third-order valence-corrected chi connectivity index (χ3v) is 4.28. The van der Waals surface area contributed by atoms with Crippen molar-refractivity contribution in [1.82, 2.24) is 0 Å². The number of ketones is 1. The Morgan fingerprint density at radius 2 is 2.43 bits per heavy atom. The molecule has 2 aliphatic rings. The third-order valence-electron chi connectivity index (χ3n) is 3.41. The van der Waals surface area contributed by atoms with Crippen LogP contribution in [-0.2, 0) is 4.79 Å². The van der Waals surface area contributed by atoms with Crippen molar-refractivity contribution >= 4 is 29.0 Å². The Balaban J connectivity index is 1.97. The maximum absolute atomic E-state index is 11.7. The number of halogens is 2. The normalized spacial score (nSPS) is 36.3. The van der Waals surface area contributed by atoms with Gasteiger partial charge in [0.15, 0.2) is 5.78 Å². The molecule has 2 rings (SSSR count). The van der Waals surface area contributed by atoms with E-state index < -0.39 is 5.38 Å². The van der Waals surface area contributed by atoms with Crippen molar-refractivity contribution in [2.45, 2.75) is 31.1 Å². The number of hydrogen-bond acceptors (Lipinski definition) is 1. The molecule has 14 heavy (non-hydrogen) atoms. The summed E-state index contributed by atoms with van der Waals surface area (Å²) >= 11 is 11.4. The van der Waals surface area contributed by atoms with Crippen LogP contribution < -0.4 is 0 Å². The van der Waals surface area contributed by atoms with E-state index in [4.69, 9.17) is 23.2 Å². The summed E-state index contributed by atoms with van der Waals surface area (Å²) in [5.41, 5.74) is 0.140. The van der Waals surface area contributed by atoms with Crippen molar-refractivity contribution in [3.8, 4) is 0 Å². The van der Waals surface area contributed by atoms with Crippen LogP contribution in [0.4, 0.5) is 0 Å². The molecule has 0 amide bonds. The molecule has 0 aromatic heterocycles. The summed E-state index contributed by atoms with van der Waals surface area (Å²) in [7, 11) is 0. The topological polar surface area (TPSA) is 17.1 Å². The molecule has 0 N–H and O–H groups in total. The third kappa shape index (κ3) is 1.85. The second-order valence-corrected chi connectivity index (χ2v) is 5.32. The fourth-order valence-electron chi connectivity index (χ4n) is 2.62. The van der Waals surface area contributed by atoms with E-state index in [0.29, 0.717) is 12.3 Å². The Kier molecular flexibility index (Phi) is 2.90. The van der Waals surface area contributed by atoms with Gasteiger partial charge >= 0.3 is 0 Å². The Labute approximate surface area is 94.5 Å². The molecule has 2 bridgehead atoms. The highest BCUT2D eigenvalue weighted by Gasteiger charge is 2.42. The number of allylic oxidation sites excluding steroid dienone is 2. The molecule has 1 nitrogen and oxygen atoms in total. The number of carbonyl (C=O) groups is 1. The minimum absolute atomic E-state index is 0.105. The van der Waals surface area contributed by atoms with Crippen LogP contribution in [0.3, 0.4) is 0 Å². The second kappa shape index (κ2) is 3.86. The summed E-state index contributed by atoms with van der Waals surface area (Å²) in [6.07, 6.45) is 8.58. The Bertz CT molecular complexity index is 274. The molecule has 3 atom stereocenters. The molecule has 3 heteroatoms. The van der Waals surface area contributed by atoms with E-state index in [-0.39, 0.29) is 17.1 Å². The lowest BCUT2D eigenvalue weighted by Crippen LogP contribution is -2.24. The van der Waals surface area contributed by atoms with E-state index >= 15 is 0 Å². The zero-order valence-electron chi connectivity index (χ0n) is 8.01. The molecular formula is C11H14Cl2O. The Morgan fingerprint density at radius 1 is 1.64 bits per heavy atom. The van der Waals surface area contributed by atoms with Crippen molar-refractivity contribution in [2.24, 2.45) is 11.3 Å². The first-order valence-electron chi connectivity index (χ1n) is 5.07. The molecule has 0 saturated heterocycles. The number of rotatable bonds is 4. The highest BCUT2D eigenvalue weighted by Crippen LogP contribution is 2.51. The summed E-state index contributed by atoms with van der Waals surface area (Å²) < 4.78 is 0. The van der Waals surface area contributed by atoms with Crippen LogP contribution in [-0.4, -0.2) is 17.0 Å². The van der Waals surface area contributed by atoms with E-state index in [1.165, 1.54) is 6.42 Å². The van der Waals surface area contributed by atoms with Gasteiger partial charge in [0.2, 0.25) is 0 Å². The van der Waals surface area contributed by atoms with Crippen LogP contribution in [0.25, 0.3) is 0 Å². The quantitative estimate of drug-likeness (QED) is 0.538. The number of alkyl halides is 2. The number of fused-ring (bicyclic) bond motifs is 2. The van der Waals surface area contributed by atoms with Gasteiger partial charge in [0.1, 0.15) is 5.38 Å². The maximum atomic E-state index is 11.7. The molecule has 1 saturated carbocycles. The fourth-order valence-corrected chi connectivity index (χ4v) is 2.87. The van der Waals surface area contributed by atoms with Gasteiger partial charge in [0, 0.05) is 12.3 Å². The van der Waals surface area contributed by atoms with Crippen LogP contribution in [0.1, 0.15) is 25.7 Å². The van der Waals surface area contributed by atoms with Gasteiger partial charge in [0.05, 0.1) is 0 Å². The fraction of sp³-hybridized carbons (Fsp3) is 0.727. The summed E-state index contributed by atoms with van der Waals surface area (Å²) in [6, 6.07) is 0. The molecule has 78 valence electrons. The molecular weight excluding hydrogens is 219 g/mol. The molecule has 1 fully saturated rings. The second-order valence-electron chi connectivity index (χ2n) is 4.49. The summed E-state index contributed by atoms with van der Waals surface area (Å²) in [5.74, 6) is 1.05. The lowest BCUT2D eigenvalue weighted by molar-refractivity contribution is -0.120. The van der Waals surface area contributed by atoms with Gasteiger partial charge in [-0.3, -0.25) is 4.79 Å². The molecule has 0 heterocycles. The molecule has 0 aromatic carbocycles. The molecule has 2 aliphatic carbocycles. The largest absolute Gasteiger partial charge is 0.298 e.